The topological polar surface area (TPSA) is 68.8 Å². The number of para-hydroxylation sites is 2. The lowest BCUT2D eigenvalue weighted by Crippen LogP contribution is -2.34. The molecule has 144 valence electrons. The van der Waals surface area contributed by atoms with E-state index in [2.05, 4.69) is 10.6 Å². The second-order valence-corrected chi connectivity index (χ2v) is 6.34. The van der Waals surface area contributed by atoms with E-state index in [1.165, 1.54) is 0 Å². The fraction of sp³-hybridized carbons (Fsp3) is 0.300. The van der Waals surface area contributed by atoms with Crippen LogP contribution in [0.25, 0.3) is 0 Å². The van der Waals surface area contributed by atoms with E-state index in [1.807, 2.05) is 38.1 Å². The van der Waals surface area contributed by atoms with Gasteiger partial charge in [-0.3, -0.25) is 10.1 Å². The minimum absolute atomic E-state index is 0.0285. The molecule has 7 heteroatoms. The fourth-order valence-corrected chi connectivity index (χ4v) is 2.40. The number of carbonyl (C=O) groups excluding carboxylic acids is 1. The Kier molecular flexibility index (Phi) is 8.03. The summed E-state index contributed by atoms with van der Waals surface area (Å²) in [5.74, 6) is 1.03. The van der Waals surface area contributed by atoms with E-state index in [4.69, 9.17) is 26.4 Å². The summed E-state index contributed by atoms with van der Waals surface area (Å²) in [6, 6.07) is 14.2. The van der Waals surface area contributed by atoms with E-state index in [-0.39, 0.29) is 17.1 Å². The zero-order chi connectivity index (χ0) is 19.6. The summed E-state index contributed by atoms with van der Waals surface area (Å²) in [4.78, 5) is 12.3. The average Bonchev–Trinajstić information content (AvgIpc) is 2.63. The molecule has 6 nitrogen and oxygen atoms in total. The standard InChI is InChI=1S/C20H24N2O4S/c1-14(2)26-18-7-5-4-6-17(18)21-20(27)22-19(23)15-8-10-16(11-9-15)25-13-12-24-3/h4-11,14H,12-13H2,1-3H3,(H2,21,22,23,27). The number of rotatable bonds is 8. The monoisotopic (exact) mass is 388 g/mol. The lowest BCUT2D eigenvalue weighted by molar-refractivity contribution is 0.0977. The summed E-state index contributed by atoms with van der Waals surface area (Å²) in [5, 5.41) is 5.85. The van der Waals surface area contributed by atoms with Crippen LogP contribution in [0, 0.1) is 0 Å². The number of nitrogens with one attached hydrogen (secondary N) is 2. The molecule has 0 aliphatic carbocycles. The number of carbonyl (C=O) groups is 1. The highest BCUT2D eigenvalue weighted by Gasteiger charge is 2.11. The first-order valence-electron chi connectivity index (χ1n) is 8.59. The largest absolute Gasteiger partial charge is 0.491 e. The van der Waals surface area contributed by atoms with Crippen LogP contribution in [0.3, 0.4) is 0 Å². The summed E-state index contributed by atoms with van der Waals surface area (Å²) >= 11 is 5.24. The summed E-state index contributed by atoms with van der Waals surface area (Å²) in [5.41, 5.74) is 1.17. The van der Waals surface area contributed by atoms with Crippen LogP contribution in [0.4, 0.5) is 5.69 Å². The molecule has 0 heterocycles. The number of hydrogen-bond acceptors (Lipinski definition) is 5. The first-order chi connectivity index (χ1) is 13.0. The Labute approximate surface area is 164 Å². The van der Waals surface area contributed by atoms with Crippen LogP contribution in [0.1, 0.15) is 24.2 Å². The van der Waals surface area contributed by atoms with Gasteiger partial charge in [0.2, 0.25) is 0 Å². The number of thiocarbonyl (C=S) groups is 1. The Morgan fingerprint density at radius 3 is 2.44 bits per heavy atom. The molecule has 0 saturated heterocycles. The van der Waals surface area contributed by atoms with Crippen molar-refractivity contribution in [3.63, 3.8) is 0 Å². The molecule has 1 amide bonds. The first kappa shape index (κ1) is 20.7. The summed E-state index contributed by atoms with van der Waals surface area (Å²) in [7, 11) is 1.61. The van der Waals surface area contributed by atoms with E-state index in [0.29, 0.717) is 36.0 Å². The molecular formula is C20H24N2O4S. The minimum atomic E-state index is -0.307. The molecule has 0 spiro atoms. The molecule has 0 bridgehead atoms. The van der Waals surface area contributed by atoms with E-state index < -0.39 is 0 Å². The molecule has 2 aromatic carbocycles. The van der Waals surface area contributed by atoms with Crippen molar-refractivity contribution in [2.75, 3.05) is 25.6 Å². The molecule has 2 aromatic rings. The molecule has 0 saturated carbocycles. The van der Waals surface area contributed by atoms with E-state index >= 15 is 0 Å². The molecule has 0 aromatic heterocycles. The molecule has 0 fully saturated rings. The molecule has 27 heavy (non-hydrogen) atoms. The van der Waals surface area contributed by atoms with Crippen LogP contribution in [0.2, 0.25) is 0 Å². The molecule has 0 aliphatic heterocycles. The van der Waals surface area contributed by atoms with Crippen LogP contribution in [-0.2, 0) is 4.74 Å². The van der Waals surface area contributed by atoms with Gasteiger partial charge in [0.25, 0.3) is 5.91 Å². The second-order valence-electron chi connectivity index (χ2n) is 5.94. The Hall–Kier alpha value is -2.64. The highest BCUT2D eigenvalue weighted by atomic mass is 32.1. The predicted molar refractivity (Wildman–Crippen MR) is 110 cm³/mol. The van der Waals surface area contributed by atoms with Crippen molar-refractivity contribution in [3.8, 4) is 11.5 Å². The normalized spacial score (nSPS) is 10.4. The number of hydrogen-bond donors (Lipinski definition) is 2. The molecule has 2 rings (SSSR count). The average molecular weight is 388 g/mol. The Morgan fingerprint density at radius 1 is 1.07 bits per heavy atom. The van der Waals surface area contributed by atoms with E-state index in [9.17, 15) is 4.79 Å². The van der Waals surface area contributed by atoms with Crippen LogP contribution in [0.5, 0.6) is 11.5 Å². The van der Waals surface area contributed by atoms with Crippen molar-refractivity contribution >= 4 is 28.9 Å². The lowest BCUT2D eigenvalue weighted by Gasteiger charge is -2.16. The Morgan fingerprint density at radius 2 is 1.78 bits per heavy atom. The van der Waals surface area contributed by atoms with Gasteiger partial charge in [-0.2, -0.15) is 0 Å². The first-order valence-corrected chi connectivity index (χ1v) is 9.00. The molecular weight excluding hydrogens is 364 g/mol. The molecule has 0 unspecified atom stereocenters. The smallest absolute Gasteiger partial charge is 0.257 e. The van der Waals surface area contributed by atoms with E-state index in [0.717, 1.165) is 0 Å². The maximum absolute atomic E-state index is 12.3. The van der Waals surface area contributed by atoms with Gasteiger partial charge in [-0.05, 0) is 62.5 Å². The van der Waals surface area contributed by atoms with Gasteiger partial charge in [-0.25, -0.2) is 0 Å². The quantitative estimate of drug-likeness (QED) is 0.532. The molecule has 0 atom stereocenters. The number of methoxy groups -OCH3 is 1. The van der Waals surface area contributed by atoms with Gasteiger partial charge in [0, 0.05) is 12.7 Å². The fourth-order valence-electron chi connectivity index (χ4n) is 2.20. The highest BCUT2D eigenvalue weighted by molar-refractivity contribution is 7.80. The summed E-state index contributed by atoms with van der Waals surface area (Å²) in [6.07, 6.45) is 0.0285. The highest BCUT2D eigenvalue weighted by Crippen LogP contribution is 2.24. The third-order valence-electron chi connectivity index (χ3n) is 3.40. The molecule has 2 N–H and O–H groups in total. The van der Waals surface area contributed by atoms with Crippen LogP contribution in [0.15, 0.2) is 48.5 Å². The minimum Gasteiger partial charge on any atom is -0.491 e. The second kappa shape index (κ2) is 10.5. The number of amides is 1. The zero-order valence-corrected chi connectivity index (χ0v) is 16.5. The van der Waals surface area contributed by atoms with Crippen LogP contribution < -0.4 is 20.1 Å². The van der Waals surface area contributed by atoms with Crippen LogP contribution >= 0.6 is 12.2 Å². The SMILES string of the molecule is COCCOc1ccc(C(=O)NC(=S)Nc2ccccc2OC(C)C)cc1. The van der Waals surface area contributed by atoms with Crippen molar-refractivity contribution in [2.24, 2.45) is 0 Å². The van der Waals surface area contributed by atoms with Gasteiger partial charge in [0.15, 0.2) is 5.11 Å². The number of ether oxygens (including phenoxy) is 3. The Bertz CT molecular complexity index is 763. The van der Waals surface area contributed by atoms with Gasteiger partial charge in [0.05, 0.1) is 18.4 Å². The van der Waals surface area contributed by atoms with Gasteiger partial charge in [0.1, 0.15) is 18.1 Å². The third-order valence-corrected chi connectivity index (χ3v) is 3.60. The number of anilines is 1. The van der Waals surface area contributed by atoms with Gasteiger partial charge in [-0.1, -0.05) is 12.1 Å². The van der Waals surface area contributed by atoms with Crippen molar-refractivity contribution in [1.82, 2.24) is 5.32 Å². The van der Waals surface area contributed by atoms with Gasteiger partial charge in [-0.15, -0.1) is 0 Å². The maximum Gasteiger partial charge on any atom is 0.257 e. The lowest BCUT2D eigenvalue weighted by atomic mass is 10.2. The number of benzene rings is 2. The van der Waals surface area contributed by atoms with Crippen LogP contribution in [-0.4, -0.2) is 37.4 Å². The van der Waals surface area contributed by atoms with Crippen molar-refractivity contribution in [2.45, 2.75) is 20.0 Å². The Balaban J connectivity index is 1.93. The molecule has 0 radical (unpaired) electrons. The predicted octanol–water partition coefficient (Wildman–Crippen LogP) is 3.63. The summed E-state index contributed by atoms with van der Waals surface area (Å²) in [6.45, 7) is 4.84. The van der Waals surface area contributed by atoms with Crippen molar-refractivity contribution in [3.05, 3.63) is 54.1 Å². The van der Waals surface area contributed by atoms with Crippen molar-refractivity contribution in [1.29, 1.82) is 0 Å². The van der Waals surface area contributed by atoms with E-state index in [1.54, 1.807) is 31.4 Å². The maximum atomic E-state index is 12.3. The summed E-state index contributed by atoms with van der Waals surface area (Å²) < 4.78 is 16.1. The van der Waals surface area contributed by atoms with Gasteiger partial charge < -0.3 is 19.5 Å². The van der Waals surface area contributed by atoms with Gasteiger partial charge >= 0.3 is 0 Å². The van der Waals surface area contributed by atoms with Crippen molar-refractivity contribution < 1.29 is 19.0 Å². The third kappa shape index (κ3) is 6.88. The molecule has 0 aliphatic rings. The zero-order valence-electron chi connectivity index (χ0n) is 15.7.